The zero-order valence-corrected chi connectivity index (χ0v) is 10.7. The van der Waals surface area contributed by atoms with Crippen LogP contribution in [0.15, 0.2) is 18.2 Å². The fraction of sp³-hybridized carbons (Fsp3) is 0.462. The van der Waals surface area contributed by atoms with E-state index < -0.39 is 0 Å². The van der Waals surface area contributed by atoms with E-state index in [2.05, 4.69) is 5.32 Å². The zero-order valence-electron chi connectivity index (χ0n) is 10.7. The van der Waals surface area contributed by atoms with Gasteiger partial charge in [0.2, 0.25) is 5.91 Å². The number of primary amides is 1. The van der Waals surface area contributed by atoms with Crippen LogP contribution in [0.2, 0.25) is 0 Å². The Morgan fingerprint density at radius 3 is 2.89 bits per heavy atom. The van der Waals surface area contributed by atoms with Crippen LogP contribution < -0.4 is 15.8 Å². The van der Waals surface area contributed by atoms with E-state index in [1.54, 1.807) is 12.1 Å². The van der Waals surface area contributed by atoms with Gasteiger partial charge in [-0.25, -0.2) is 4.39 Å². The first-order valence-electron chi connectivity index (χ1n) is 5.89. The molecular weight excluding hydrogens is 235 g/mol. The number of halogens is 1. The molecule has 1 aromatic rings. The lowest BCUT2D eigenvalue weighted by Crippen LogP contribution is -2.21. The van der Waals surface area contributed by atoms with Crippen molar-refractivity contribution in [3.63, 3.8) is 0 Å². The lowest BCUT2D eigenvalue weighted by Gasteiger charge is -2.15. The third-order valence-corrected chi connectivity index (χ3v) is 2.73. The van der Waals surface area contributed by atoms with Gasteiger partial charge in [0.15, 0.2) is 11.6 Å². The van der Waals surface area contributed by atoms with Gasteiger partial charge >= 0.3 is 0 Å². The van der Waals surface area contributed by atoms with E-state index in [1.807, 2.05) is 6.92 Å². The van der Waals surface area contributed by atoms with Gasteiger partial charge in [-0.2, -0.15) is 0 Å². The van der Waals surface area contributed by atoms with Gasteiger partial charge in [-0.3, -0.25) is 4.79 Å². The molecule has 4 nitrogen and oxygen atoms in total. The maximum absolute atomic E-state index is 13.2. The van der Waals surface area contributed by atoms with Gasteiger partial charge in [0, 0.05) is 12.5 Å². The summed E-state index contributed by atoms with van der Waals surface area (Å²) in [5, 5.41) is 3.24. The number of methoxy groups -OCH3 is 1. The molecule has 1 aromatic carbocycles. The highest BCUT2D eigenvalue weighted by atomic mass is 19.1. The number of ether oxygens (including phenoxy) is 1. The summed E-state index contributed by atoms with van der Waals surface area (Å²) in [6, 6.07) is 4.83. The molecule has 0 spiro atoms. The quantitative estimate of drug-likeness (QED) is 0.729. The molecule has 0 bridgehead atoms. The predicted octanol–water partition coefficient (Wildman–Crippen LogP) is 1.75. The van der Waals surface area contributed by atoms with Gasteiger partial charge in [-0.05, 0) is 37.6 Å². The number of carbonyl (C=O) groups excluding carboxylic acids is 1. The Balaban J connectivity index is 2.50. The van der Waals surface area contributed by atoms with Gasteiger partial charge in [0.05, 0.1) is 7.11 Å². The Morgan fingerprint density at radius 2 is 2.28 bits per heavy atom. The number of benzene rings is 1. The van der Waals surface area contributed by atoms with E-state index in [4.69, 9.17) is 10.5 Å². The highest BCUT2D eigenvalue weighted by Gasteiger charge is 2.09. The second-order valence-corrected chi connectivity index (χ2v) is 4.14. The van der Waals surface area contributed by atoms with E-state index >= 15 is 0 Å². The van der Waals surface area contributed by atoms with Crippen molar-refractivity contribution in [3.05, 3.63) is 29.6 Å². The summed E-state index contributed by atoms with van der Waals surface area (Å²) >= 11 is 0. The third-order valence-electron chi connectivity index (χ3n) is 2.73. The molecule has 1 atom stereocenters. The van der Waals surface area contributed by atoms with Crippen molar-refractivity contribution < 1.29 is 13.9 Å². The molecule has 1 amide bonds. The summed E-state index contributed by atoms with van der Waals surface area (Å²) in [5.41, 5.74) is 5.99. The molecule has 0 aromatic heterocycles. The van der Waals surface area contributed by atoms with Gasteiger partial charge in [0.25, 0.3) is 0 Å². The molecule has 1 rings (SSSR count). The normalized spacial score (nSPS) is 12.2. The van der Waals surface area contributed by atoms with Crippen LogP contribution in [0.4, 0.5) is 4.39 Å². The second-order valence-electron chi connectivity index (χ2n) is 4.14. The van der Waals surface area contributed by atoms with Crippen LogP contribution in [0.1, 0.15) is 31.4 Å². The third kappa shape index (κ3) is 4.33. The van der Waals surface area contributed by atoms with Crippen molar-refractivity contribution in [1.29, 1.82) is 0 Å². The van der Waals surface area contributed by atoms with Gasteiger partial charge in [0.1, 0.15) is 0 Å². The van der Waals surface area contributed by atoms with Crippen molar-refractivity contribution in [1.82, 2.24) is 5.32 Å². The van der Waals surface area contributed by atoms with E-state index in [1.165, 1.54) is 13.2 Å². The number of amides is 1. The monoisotopic (exact) mass is 254 g/mol. The van der Waals surface area contributed by atoms with E-state index in [-0.39, 0.29) is 23.5 Å². The average Bonchev–Trinajstić information content (AvgIpc) is 2.34. The molecule has 0 aliphatic heterocycles. The minimum Gasteiger partial charge on any atom is -0.494 e. The maximum atomic E-state index is 13.2. The van der Waals surface area contributed by atoms with Crippen LogP contribution in [0.5, 0.6) is 5.75 Å². The number of nitrogens with two attached hydrogens (primary N) is 1. The summed E-state index contributed by atoms with van der Waals surface area (Å²) in [4.78, 5) is 10.6. The summed E-state index contributed by atoms with van der Waals surface area (Å²) in [5.74, 6) is -0.437. The largest absolute Gasteiger partial charge is 0.494 e. The number of rotatable bonds is 7. The van der Waals surface area contributed by atoms with Crippen molar-refractivity contribution >= 4 is 5.91 Å². The first-order chi connectivity index (χ1) is 8.54. The predicted molar refractivity (Wildman–Crippen MR) is 67.8 cm³/mol. The van der Waals surface area contributed by atoms with Crippen LogP contribution in [0, 0.1) is 5.82 Å². The van der Waals surface area contributed by atoms with Gasteiger partial charge in [-0.1, -0.05) is 6.07 Å². The lowest BCUT2D eigenvalue weighted by atomic mass is 10.1. The standard InChI is InChI=1S/C13H19FN2O2/c1-9(16-7-3-4-13(15)17)10-5-6-11(14)12(8-10)18-2/h5-6,8-9,16H,3-4,7H2,1-2H3,(H2,15,17). The molecule has 0 heterocycles. The molecule has 100 valence electrons. The number of carbonyl (C=O) groups is 1. The second kappa shape index (κ2) is 6.96. The molecule has 18 heavy (non-hydrogen) atoms. The van der Waals surface area contributed by atoms with Crippen LogP contribution >= 0.6 is 0 Å². The zero-order chi connectivity index (χ0) is 13.5. The maximum Gasteiger partial charge on any atom is 0.217 e. The van der Waals surface area contributed by atoms with Crippen molar-refractivity contribution in [2.75, 3.05) is 13.7 Å². The fourth-order valence-corrected chi connectivity index (χ4v) is 1.64. The molecule has 0 radical (unpaired) electrons. The number of hydrogen-bond acceptors (Lipinski definition) is 3. The smallest absolute Gasteiger partial charge is 0.217 e. The molecule has 5 heteroatoms. The molecule has 0 aliphatic carbocycles. The summed E-state index contributed by atoms with van der Waals surface area (Å²) in [7, 11) is 1.44. The highest BCUT2D eigenvalue weighted by Crippen LogP contribution is 2.22. The number of nitrogens with one attached hydrogen (secondary N) is 1. The summed E-state index contributed by atoms with van der Waals surface area (Å²) < 4.78 is 18.2. The Morgan fingerprint density at radius 1 is 1.56 bits per heavy atom. The molecule has 0 saturated carbocycles. The molecule has 0 fully saturated rings. The molecule has 3 N–H and O–H groups in total. The lowest BCUT2D eigenvalue weighted by molar-refractivity contribution is -0.118. The van der Waals surface area contributed by atoms with Crippen molar-refractivity contribution in [2.24, 2.45) is 5.73 Å². The first-order valence-corrected chi connectivity index (χ1v) is 5.89. The molecule has 0 saturated heterocycles. The topological polar surface area (TPSA) is 64.3 Å². The van der Waals surface area contributed by atoms with Crippen LogP contribution in [0.25, 0.3) is 0 Å². The average molecular weight is 254 g/mol. The molecule has 1 unspecified atom stereocenters. The Hall–Kier alpha value is -1.62. The minimum atomic E-state index is -0.373. The first kappa shape index (κ1) is 14.4. The van der Waals surface area contributed by atoms with E-state index in [9.17, 15) is 9.18 Å². The van der Waals surface area contributed by atoms with Crippen molar-refractivity contribution in [2.45, 2.75) is 25.8 Å². The van der Waals surface area contributed by atoms with Crippen LogP contribution in [-0.4, -0.2) is 19.6 Å². The van der Waals surface area contributed by atoms with Gasteiger partial charge < -0.3 is 15.8 Å². The van der Waals surface area contributed by atoms with Crippen LogP contribution in [0.3, 0.4) is 0 Å². The Kier molecular flexibility index (Phi) is 5.58. The highest BCUT2D eigenvalue weighted by molar-refractivity contribution is 5.73. The van der Waals surface area contributed by atoms with Gasteiger partial charge in [-0.15, -0.1) is 0 Å². The fourth-order valence-electron chi connectivity index (χ4n) is 1.64. The summed E-state index contributed by atoms with van der Waals surface area (Å²) in [6.45, 7) is 2.65. The Labute approximate surface area is 106 Å². The van der Waals surface area contributed by atoms with Crippen molar-refractivity contribution in [3.8, 4) is 5.75 Å². The SMILES string of the molecule is COc1cc(C(C)NCCCC(N)=O)ccc1F. The molecule has 0 aliphatic rings. The Bertz CT molecular complexity index is 410. The van der Waals surface area contributed by atoms with E-state index in [0.717, 1.165) is 5.56 Å². The molecular formula is C13H19FN2O2. The number of hydrogen-bond donors (Lipinski definition) is 2. The minimum absolute atomic E-state index is 0.0624. The van der Waals surface area contributed by atoms with E-state index in [0.29, 0.717) is 19.4 Å². The van der Waals surface area contributed by atoms with Crippen LogP contribution in [-0.2, 0) is 4.79 Å². The summed E-state index contributed by atoms with van der Waals surface area (Å²) in [6.07, 6.45) is 1.06.